The highest BCUT2D eigenvalue weighted by molar-refractivity contribution is 5.75. The highest BCUT2D eigenvalue weighted by atomic mass is 16.4. The predicted octanol–water partition coefficient (Wildman–Crippen LogP) is 0.0859. The molecule has 1 aromatic rings. The summed E-state index contributed by atoms with van der Waals surface area (Å²) in [6, 6.07) is 3.43. The van der Waals surface area contributed by atoms with Crippen LogP contribution in [0.3, 0.4) is 0 Å². The zero-order valence-corrected chi connectivity index (χ0v) is 18.1. The number of rotatable bonds is 9. The summed E-state index contributed by atoms with van der Waals surface area (Å²) in [6.07, 6.45) is 3.42. The lowest BCUT2D eigenvalue weighted by atomic mass is 9.55. The number of aliphatic carboxylic acids is 1. The Kier molecular flexibility index (Phi) is 6.90. The molecule has 0 saturated carbocycles. The molecule has 4 N–H and O–H groups in total. The number of carboxylic acids is 1. The molecule has 1 aromatic heterocycles. The van der Waals surface area contributed by atoms with Crippen LogP contribution in [0.2, 0.25) is 0 Å². The van der Waals surface area contributed by atoms with Crippen LogP contribution in [0.1, 0.15) is 37.9 Å². The van der Waals surface area contributed by atoms with Gasteiger partial charge in [-0.05, 0) is 45.5 Å². The molecule has 2 aliphatic heterocycles. The highest BCUT2D eigenvalue weighted by Gasteiger charge is 2.68. The number of hydrogen-bond donors (Lipinski definition) is 3. The van der Waals surface area contributed by atoms with Gasteiger partial charge in [-0.1, -0.05) is 12.5 Å². The Labute approximate surface area is 182 Å². The number of likely N-dealkylation sites (tertiary alicyclic amines) is 2. The van der Waals surface area contributed by atoms with Crippen LogP contribution in [0.5, 0.6) is 0 Å². The third kappa shape index (κ3) is 3.69. The minimum absolute atomic E-state index is 0.0190. The summed E-state index contributed by atoms with van der Waals surface area (Å²) in [5.41, 5.74) is 3.45. The summed E-state index contributed by atoms with van der Waals surface area (Å²) in [5, 5.41) is 21.4. The number of aromatic nitrogens is 1. The van der Waals surface area contributed by atoms with Gasteiger partial charge >= 0.3 is 5.97 Å². The van der Waals surface area contributed by atoms with Crippen molar-refractivity contribution in [2.75, 3.05) is 26.7 Å². The van der Waals surface area contributed by atoms with Gasteiger partial charge in [0.15, 0.2) is 0 Å². The topological polar surface area (TPSA) is 137 Å². The molecule has 3 unspecified atom stereocenters. The molecule has 31 heavy (non-hydrogen) atoms. The lowest BCUT2D eigenvalue weighted by Crippen LogP contribution is -2.77. The normalized spacial score (nSPS) is 34.8. The average molecular weight is 433 g/mol. The smallest absolute Gasteiger partial charge is 0.320 e. The van der Waals surface area contributed by atoms with Gasteiger partial charge in [-0.25, -0.2) is 0 Å². The van der Waals surface area contributed by atoms with E-state index in [1.54, 1.807) is 29.3 Å². The molecule has 9 heteroatoms. The number of aliphatic hydroxyl groups excluding tert-OH is 1. The highest BCUT2D eigenvalue weighted by Crippen LogP contribution is 2.55. The molecule has 2 fully saturated rings. The fourth-order valence-corrected chi connectivity index (χ4v) is 5.56. The molecule has 2 aliphatic rings. The zero-order valence-electron chi connectivity index (χ0n) is 18.1. The van der Waals surface area contributed by atoms with Crippen LogP contribution in [0.4, 0.5) is 0 Å². The Morgan fingerprint density at radius 2 is 1.97 bits per heavy atom. The second-order valence-corrected chi connectivity index (χ2v) is 8.91. The summed E-state index contributed by atoms with van der Waals surface area (Å²) >= 11 is 0. The van der Waals surface area contributed by atoms with Crippen molar-refractivity contribution < 1.29 is 24.6 Å². The van der Waals surface area contributed by atoms with E-state index in [2.05, 4.69) is 4.98 Å². The minimum Gasteiger partial charge on any atom is -0.480 e. The van der Waals surface area contributed by atoms with Crippen LogP contribution in [0.25, 0.3) is 0 Å². The number of pyridine rings is 1. The van der Waals surface area contributed by atoms with Gasteiger partial charge in [-0.15, -0.1) is 0 Å². The molecule has 2 saturated heterocycles. The third-order valence-electron chi connectivity index (χ3n) is 7.34. The largest absolute Gasteiger partial charge is 0.480 e. The molecule has 0 aliphatic carbocycles. The van der Waals surface area contributed by atoms with Crippen LogP contribution in [-0.2, 0) is 14.4 Å². The van der Waals surface area contributed by atoms with Gasteiger partial charge in [0.25, 0.3) is 0 Å². The van der Waals surface area contributed by atoms with E-state index in [-0.39, 0.29) is 13.1 Å². The number of hydrogen-bond acceptors (Lipinski definition) is 8. The maximum absolute atomic E-state index is 12.7. The van der Waals surface area contributed by atoms with Crippen molar-refractivity contribution in [1.82, 2.24) is 14.8 Å². The molecule has 0 amide bonds. The molecule has 2 bridgehead atoms. The Hall–Kier alpha value is -2.20. The summed E-state index contributed by atoms with van der Waals surface area (Å²) in [4.78, 5) is 45.3. The van der Waals surface area contributed by atoms with Crippen LogP contribution in [0, 0.1) is 10.8 Å². The van der Waals surface area contributed by atoms with Gasteiger partial charge in [0.2, 0.25) is 0 Å². The van der Waals surface area contributed by atoms with E-state index in [9.17, 15) is 24.6 Å². The first-order valence-electron chi connectivity index (χ1n) is 10.7. The third-order valence-corrected chi connectivity index (χ3v) is 7.34. The molecular formula is C22H32N4O5. The van der Waals surface area contributed by atoms with Gasteiger partial charge < -0.3 is 25.5 Å². The number of piperidine rings is 2. The number of fused-ring (bicyclic) bond motifs is 2. The summed E-state index contributed by atoms with van der Waals surface area (Å²) in [5.74, 6) is -1.01. The van der Waals surface area contributed by atoms with Crippen LogP contribution in [-0.4, -0.2) is 88.4 Å². The number of aldehydes is 2. The molecule has 3 rings (SSSR count). The minimum atomic E-state index is -1.41. The second-order valence-electron chi connectivity index (χ2n) is 8.91. The first-order chi connectivity index (χ1) is 14.8. The molecule has 6 atom stereocenters. The number of carbonyl (C=O) groups is 3. The molecule has 3 heterocycles. The molecular weight excluding hydrogens is 400 g/mol. The summed E-state index contributed by atoms with van der Waals surface area (Å²) in [6.45, 7) is 2.37. The van der Waals surface area contributed by atoms with E-state index in [0.717, 1.165) is 0 Å². The lowest BCUT2D eigenvalue weighted by molar-refractivity contribution is -0.220. The second kappa shape index (κ2) is 9.12. The fraction of sp³-hybridized carbons (Fsp3) is 0.636. The van der Waals surface area contributed by atoms with Crippen LogP contribution in [0.15, 0.2) is 24.4 Å². The van der Waals surface area contributed by atoms with Crippen molar-refractivity contribution >= 4 is 18.5 Å². The quantitative estimate of drug-likeness (QED) is 0.366. The van der Waals surface area contributed by atoms with Crippen molar-refractivity contribution in [3.8, 4) is 0 Å². The van der Waals surface area contributed by atoms with Gasteiger partial charge in [0, 0.05) is 25.3 Å². The van der Waals surface area contributed by atoms with Gasteiger partial charge in [0.05, 0.1) is 28.7 Å². The van der Waals surface area contributed by atoms with Gasteiger partial charge in [0.1, 0.15) is 18.6 Å². The Balaban J connectivity index is 2.11. The number of carboxylic acid groups (broad SMARTS) is 1. The number of unbranched alkanes of at least 4 members (excludes halogenated alkanes) is 1. The predicted molar refractivity (Wildman–Crippen MR) is 113 cm³/mol. The first kappa shape index (κ1) is 23.5. The maximum Gasteiger partial charge on any atom is 0.320 e. The average Bonchev–Trinajstić information content (AvgIpc) is 2.77. The SMILES string of the molecule is C[C@@H]1N(C)[C@H](c2ccccn2)C2(C=O)CN(C(CCCCN)C(=O)O)CC1(C=O)[C@@H]2O. The van der Waals surface area contributed by atoms with Crippen LogP contribution >= 0.6 is 0 Å². The van der Waals surface area contributed by atoms with Gasteiger partial charge in [-0.2, -0.15) is 0 Å². The Morgan fingerprint density at radius 3 is 2.52 bits per heavy atom. The lowest BCUT2D eigenvalue weighted by Gasteiger charge is -2.64. The van der Waals surface area contributed by atoms with E-state index < -0.39 is 41.0 Å². The van der Waals surface area contributed by atoms with E-state index in [1.807, 2.05) is 18.9 Å². The number of aliphatic hydroxyl groups is 1. The van der Waals surface area contributed by atoms with E-state index in [4.69, 9.17) is 5.73 Å². The van der Waals surface area contributed by atoms with E-state index in [1.165, 1.54) is 0 Å². The number of nitrogens with two attached hydrogens (primary N) is 1. The van der Waals surface area contributed by atoms with E-state index in [0.29, 0.717) is 44.1 Å². The van der Waals surface area contributed by atoms with Crippen LogP contribution < -0.4 is 5.73 Å². The molecule has 9 nitrogen and oxygen atoms in total. The molecule has 0 spiro atoms. The number of carbonyl (C=O) groups excluding carboxylic acids is 2. The van der Waals surface area contributed by atoms with Crippen molar-refractivity contribution in [3.63, 3.8) is 0 Å². The van der Waals surface area contributed by atoms with Crippen molar-refractivity contribution in [3.05, 3.63) is 30.1 Å². The maximum atomic E-state index is 12.7. The standard InChI is InChI=1S/C22H32N4O5/c1-15-21(13-27)11-26(17(19(29)30)8-3-5-9-23)12-22(14-28,20(21)31)18(25(15)2)16-7-4-6-10-24-16/h4,6-7,10,13-15,17-18,20,31H,3,5,8-9,11-12,23H2,1-2H3,(H,29,30)/t15-,17?,18+,20-,21?,22?/m0/s1. The summed E-state index contributed by atoms with van der Waals surface area (Å²) < 4.78 is 0. The number of nitrogens with zero attached hydrogens (tertiary/aromatic N) is 3. The fourth-order valence-electron chi connectivity index (χ4n) is 5.56. The van der Waals surface area contributed by atoms with Crippen molar-refractivity contribution in [2.45, 2.75) is 50.4 Å². The molecule has 0 aromatic carbocycles. The monoisotopic (exact) mass is 432 g/mol. The Morgan fingerprint density at radius 1 is 1.29 bits per heavy atom. The van der Waals surface area contributed by atoms with Gasteiger partial charge in [-0.3, -0.25) is 19.6 Å². The zero-order chi connectivity index (χ0) is 22.8. The van der Waals surface area contributed by atoms with E-state index >= 15 is 0 Å². The van der Waals surface area contributed by atoms with Crippen molar-refractivity contribution in [2.24, 2.45) is 16.6 Å². The summed E-state index contributed by atoms with van der Waals surface area (Å²) in [7, 11) is 1.82. The first-order valence-corrected chi connectivity index (χ1v) is 10.7. The molecule has 170 valence electrons. The molecule has 0 radical (unpaired) electrons. The van der Waals surface area contributed by atoms with Crippen molar-refractivity contribution in [1.29, 1.82) is 0 Å². The Bertz CT molecular complexity index is 808.